The fraction of sp³-hybridized carbons (Fsp3) is 0.111. The molecule has 0 amide bonds. The van der Waals surface area contributed by atoms with E-state index in [0.29, 0.717) is 5.02 Å². The predicted molar refractivity (Wildman–Crippen MR) is 126 cm³/mol. The molecule has 0 bridgehead atoms. The molecule has 0 radical (unpaired) electrons. The fourth-order valence-electron chi connectivity index (χ4n) is 4.84. The first-order valence-corrected chi connectivity index (χ1v) is 10.5. The summed E-state index contributed by atoms with van der Waals surface area (Å²) in [6, 6.07) is 27.2. The number of anilines is 2. The zero-order chi connectivity index (χ0) is 20.5. The van der Waals surface area contributed by atoms with Crippen molar-refractivity contribution < 1.29 is 4.42 Å². The van der Waals surface area contributed by atoms with Crippen molar-refractivity contribution in [1.82, 2.24) is 0 Å². The van der Waals surface area contributed by atoms with Crippen LogP contribution in [0.2, 0.25) is 5.02 Å². The van der Waals surface area contributed by atoms with Crippen LogP contribution in [0.4, 0.5) is 11.4 Å². The molecule has 0 fully saturated rings. The lowest BCUT2D eigenvalue weighted by atomic mass is 9.82. The van der Waals surface area contributed by atoms with Crippen molar-refractivity contribution in [3.63, 3.8) is 0 Å². The van der Waals surface area contributed by atoms with Gasteiger partial charge >= 0.3 is 0 Å². The number of halogens is 1. The summed E-state index contributed by atoms with van der Waals surface area (Å²) in [5.74, 6) is 0. The highest BCUT2D eigenvalue weighted by Gasteiger charge is 2.35. The van der Waals surface area contributed by atoms with E-state index < -0.39 is 0 Å². The molecular formula is C27H20ClNO. The molecule has 0 spiro atoms. The molecule has 6 rings (SSSR count). The van der Waals surface area contributed by atoms with Gasteiger partial charge in [0.2, 0.25) is 0 Å². The van der Waals surface area contributed by atoms with E-state index >= 15 is 0 Å². The highest BCUT2D eigenvalue weighted by Crippen LogP contribution is 2.49. The highest BCUT2D eigenvalue weighted by molar-refractivity contribution is 6.36. The molecule has 0 unspecified atom stereocenters. The molecule has 146 valence electrons. The summed E-state index contributed by atoms with van der Waals surface area (Å²) in [5.41, 5.74) is 8.89. The molecule has 30 heavy (non-hydrogen) atoms. The van der Waals surface area contributed by atoms with E-state index in [2.05, 4.69) is 67.7 Å². The van der Waals surface area contributed by atoms with Crippen LogP contribution in [0.25, 0.3) is 33.1 Å². The first kappa shape index (κ1) is 17.6. The van der Waals surface area contributed by atoms with Gasteiger partial charge in [-0.2, -0.15) is 0 Å². The molecule has 1 heterocycles. The Morgan fingerprint density at radius 2 is 1.53 bits per heavy atom. The molecule has 1 aliphatic carbocycles. The Labute approximate surface area is 180 Å². The largest absolute Gasteiger partial charge is 0.456 e. The fourth-order valence-corrected chi connectivity index (χ4v) is 5.04. The molecule has 3 heteroatoms. The lowest BCUT2D eigenvalue weighted by molar-refractivity contribution is 0.660. The maximum Gasteiger partial charge on any atom is 0.137 e. The summed E-state index contributed by atoms with van der Waals surface area (Å²) in [6.45, 7) is 4.58. The summed E-state index contributed by atoms with van der Waals surface area (Å²) in [4.78, 5) is 0. The van der Waals surface area contributed by atoms with Gasteiger partial charge in [-0.1, -0.05) is 74.0 Å². The standard InChI is InChI=1S/C27H20ClNO/c1-27(2)20-9-5-3-7-17(20)18-12-11-16(15-21(18)27)29-26-22(28)13-14-24-25(26)19-8-4-6-10-23(19)30-24/h3-15,29H,1-2H3. The van der Waals surface area contributed by atoms with E-state index in [9.17, 15) is 0 Å². The van der Waals surface area contributed by atoms with Crippen LogP contribution in [0.3, 0.4) is 0 Å². The summed E-state index contributed by atoms with van der Waals surface area (Å²) in [7, 11) is 0. The summed E-state index contributed by atoms with van der Waals surface area (Å²) < 4.78 is 6.04. The number of hydrogen-bond acceptors (Lipinski definition) is 2. The third-order valence-corrected chi connectivity index (χ3v) is 6.66. The Balaban J connectivity index is 1.51. The van der Waals surface area contributed by atoms with Gasteiger partial charge in [-0.25, -0.2) is 0 Å². The minimum absolute atomic E-state index is 0.0399. The van der Waals surface area contributed by atoms with Crippen molar-refractivity contribution >= 4 is 44.9 Å². The monoisotopic (exact) mass is 409 g/mol. The van der Waals surface area contributed by atoms with Gasteiger partial charge < -0.3 is 9.73 Å². The van der Waals surface area contributed by atoms with E-state index in [1.54, 1.807) is 0 Å². The van der Waals surface area contributed by atoms with Crippen molar-refractivity contribution in [2.24, 2.45) is 0 Å². The zero-order valence-electron chi connectivity index (χ0n) is 16.8. The van der Waals surface area contributed by atoms with Crippen LogP contribution in [0.15, 0.2) is 83.3 Å². The second-order valence-corrected chi connectivity index (χ2v) is 8.86. The molecule has 1 aromatic heterocycles. The van der Waals surface area contributed by atoms with Gasteiger partial charge in [-0.15, -0.1) is 0 Å². The minimum Gasteiger partial charge on any atom is -0.456 e. The molecule has 5 aromatic rings. The zero-order valence-corrected chi connectivity index (χ0v) is 17.5. The Hall–Kier alpha value is -3.23. The normalized spacial score (nSPS) is 14.1. The third kappa shape index (κ3) is 2.37. The average Bonchev–Trinajstić information content (AvgIpc) is 3.24. The van der Waals surface area contributed by atoms with Gasteiger partial charge in [0.25, 0.3) is 0 Å². The average molecular weight is 410 g/mol. The number of furan rings is 1. The lowest BCUT2D eigenvalue weighted by Crippen LogP contribution is -2.15. The molecule has 1 aliphatic rings. The molecule has 4 aromatic carbocycles. The highest BCUT2D eigenvalue weighted by atomic mass is 35.5. The Bertz CT molecular complexity index is 1460. The summed E-state index contributed by atoms with van der Waals surface area (Å²) in [5, 5.41) is 6.35. The molecule has 0 saturated carbocycles. The van der Waals surface area contributed by atoms with Crippen LogP contribution in [-0.2, 0) is 5.41 Å². The Morgan fingerprint density at radius 1 is 0.767 bits per heavy atom. The molecule has 0 atom stereocenters. The van der Waals surface area contributed by atoms with Gasteiger partial charge in [-0.05, 0) is 52.6 Å². The minimum atomic E-state index is -0.0399. The molecule has 0 aliphatic heterocycles. The van der Waals surface area contributed by atoms with E-state index in [-0.39, 0.29) is 5.41 Å². The molecular weight excluding hydrogens is 390 g/mol. The maximum absolute atomic E-state index is 6.65. The number of hydrogen-bond donors (Lipinski definition) is 1. The first-order valence-electron chi connectivity index (χ1n) is 10.2. The second-order valence-electron chi connectivity index (χ2n) is 8.45. The first-order chi connectivity index (χ1) is 14.5. The summed E-state index contributed by atoms with van der Waals surface area (Å²) in [6.07, 6.45) is 0. The van der Waals surface area contributed by atoms with Crippen molar-refractivity contribution in [2.45, 2.75) is 19.3 Å². The lowest BCUT2D eigenvalue weighted by Gasteiger charge is -2.22. The van der Waals surface area contributed by atoms with Crippen LogP contribution in [0, 0.1) is 0 Å². The van der Waals surface area contributed by atoms with Gasteiger partial charge in [0.1, 0.15) is 11.2 Å². The van der Waals surface area contributed by atoms with Crippen molar-refractivity contribution in [2.75, 3.05) is 5.32 Å². The molecule has 0 saturated heterocycles. The number of rotatable bonds is 2. The van der Waals surface area contributed by atoms with Crippen molar-refractivity contribution in [1.29, 1.82) is 0 Å². The van der Waals surface area contributed by atoms with E-state index in [0.717, 1.165) is 33.3 Å². The SMILES string of the molecule is CC1(C)c2ccccc2-c2ccc(Nc3c(Cl)ccc4oc5ccccc5c34)cc21. The van der Waals surface area contributed by atoms with Crippen molar-refractivity contribution in [3.05, 3.63) is 95.0 Å². The van der Waals surface area contributed by atoms with Gasteiger partial charge in [-0.3, -0.25) is 0 Å². The van der Waals surface area contributed by atoms with Crippen molar-refractivity contribution in [3.8, 4) is 11.1 Å². The molecule has 1 N–H and O–H groups in total. The number of para-hydroxylation sites is 1. The van der Waals surface area contributed by atoms with Crippen LogP contribution >= 0.6 is 11.6 Å². The number of benzene rings is 4. The quantitative estimate of drug-likeness (QED) is 0.317. The smallest absolute Gasteiger partial charge is 0.137 e. The van der Waals surface area contributed by atoms with Gasteiger partial charge in [0, 0.05) is 16.5 Å². The number of nitrogens with one attached hydrogen (secondary N) is 1. The van der Waals surface area contributed by atoms with Crippen LogP contribution in [0.1, 0.15) is 25.0 Å². The third-order valence-electron chi connectivity index (χ3n) is 6.35. The van der Waals surface area contributed by atoms with Crippen LogP contribution in [-0.4, -0.2) is 0 Å². The molecule has 2 nitrogen and oxygen atoms in total. The van der Waals surface area contributed by atoms with E-state index in [4.69, 9.17) is 16.0 Å². The topological polar surface area (TPSA) is 25.2 Å². The van der Waals surface area contributed by atoms with Crippen LogP contribution in [0.5, 0.6) is 0 Å². The summed E-state index contributed by atoms with van der Waals surface area (Å²) >= 11 is 6.65. The second kappa shape index (κ2) is 6.13. The Kier molecular flexibility index (Phi) is 3.60. The Morgan fingerprint density at radius 3 is 2.43 bits per heavy atom. The maximum atomic E-state index is 6.65. The van der Waals surface area contributed by atoms with E-state index in [1.807, 2.05) is 30.3 Å². The van der Waals surface area contributed by atoms with Crippen LogP contribution < -0.4 is 5.32 Å². The number of fused-ring (bicyclic) bond motifs is 6. The van der Waals surface area contributed by atoms with Gasteiger partial charge in [0.15, 0.2) is 0 Å². The predicted octanol–water partition coefficient (Wildman–Crippen LogP) is 8.29. The van der Waals surface area contributed by atoms with E-state index in [1.165, 1.54) is 22.3 Å². The van der Waals surface area contributed by atoms with Gasteiger partial charge in [0.05, 0.1) is 16.1 Å².